The fourth-order valence-corrected chi connectivity index (χ4v) is 2.94. The summed E-state index contributed by atoms with van der Waals surface area (Å²) in [6, 6.07) is 15.6. The molecular formula is C20H17ClF2N4O. The maximum Gasteiger partial charge on any atom is 0.387 e. The number of alkyl halides is 2. The quantitative estimate of drug-likeness (QED) is 0.280. The van der Waals surface area contributed by atoms with Crippen LogP contribution in [0.1, 0.15) is 16.8 Å². The summed E-state index contributed by atoms with van der Waals surface area (Å²) in [6.07, 6.45) is 2.20. The molecule has 0 saturated heterocycles. The number of pyridine rings is 1. The van der Waals surface area contributed by atoms with Gasteiger partial charge in [-0.15, -0.1) is 0 Å². The van der Waals surface area contributed by atoms with Gasteiger partial charge in [0.2, 0.25) is 0 Å². The van der Waals surface area contributed by atoms with E-state index in [0.29, 0.717) is 28.3 Å². The first-order valence-corrected chi connectivity index (χ1v) is 8.66. The number of nitrogens with two attached hydrogens (primary N) is 2. The summed E-state index contributed by atoms with van der Waals surface area (Å²) in [5, 5.41) is 3.91. The van der Waals surface area contributed by atoms with E-state index in [0.717, 1.165) is 11.1 Å². The van der Waals surface area contributed by atoms with Crippen LogP contribution in [0.4, 0.5) is 8.78 Å². The van der Waals surface area contributed by atoms with Gasteiger partial charge in [0.25, 0.3) is 0 Å². The largest absolute Gasteiger partial charge is 0.434 e. The van der Waals surface area contributed by atoms with Crippen molar-refractivity contribution in [3.05, 3.63) is 82.6 Å². The highest BCUT2D eigenvalue weighted by molar-refractivity contribution is 6.30. The first-order valence-electron chi connectivity index (χ1n) is 8.28. The Balaban J connectivity index is 1.93. The molecule has 28 heavy (non-hydrogen) atoms. The monoisotopic (exact) mass is 402 g/mol. The topological polar surface area (TPSA) is 86.5 Å². The van der Waals surface area contributed by atoms with Gasteiger partial charge in [0.1, 0.15) is 11.4 Å². The standard InChI is InChI=1S/C20H17ClF2N4O/c21-15-3-1-2-14(10-15)16-9-12(5-7-18(16)28-20(22)23)8-13-4-6-17(26-11-13)19(24)27-25/h1-7,9-11,20H,8,25H2,(H2,24,27). The minimum atomic E-state index is -2.92. The minimum absolute atomic E-state index is 0.0846. The highest BCUT2D eigenvalue weighted by atomic mass is 35.5. The van der Waals surface area contributed by atoms with E-state index >= 15 is 0 Å². The molecule has 0 aliphatic rings. The van der Waals surface area contributed by atoms with Gasteiger partial charge < -0.3 is 16.3 Å². The summed E-state index contributed by atoms with van der Waals surface area (Å²) in [4.78, 5) is 4.22. The summed E-state index contributed by atoms with van der Waals surface area (Å²) >= 11 is 6.05. The Kier molecular flexibility index (Phi) is 6.06. The van der Waals surface area contributed by atoms with Crippen molar-refractivity contribution in [3.8, 4) is 16.9 Å². The van der Waals surface area contributed by atoms with E-state index in [9.17, 15) is 8.78 Å². The smallest absolute Gasteiger partial charge is 0.387 e. The number of ether oxygens (including phenoxy) is 1. The number of nitrogens with zero attached hydrogens (tertiary/aromatic N) is 2. The molecule has 0 aliphatic carbocycles. The second-order valence-electron chi connectivity index (χ2n) is 5.96. The average molecular weight is 403 g/mol. The lowest BCUT2D eigenvalue weighted by Crippen LogP contribution is -2.17. The number of benzene rings is 2. The average Bonchev–Trinajstić information content (AvgIpc) is 2.68. The van der Waals surface area contributed by atoms with Crippen LogP contribution in [0, 0.1) is 0 Å². The van der Waals surface area contributed by atoms with Crippen molar-refractivity contribution in [2.75, 3.05) is 0 Å². The van der Waals surface area contributed by atoms with Crippen LogP contribution in [0.15, 0.2) is 65.9 Å². The number of amidine groups is 1. The van der Waals surface area contributed by atoms with Crippen molar-refractivity contribution in [1.82, 2.24) is 4.98 Å². The second-order valence-corrected chi connectivity index (χ2v) is 6.40. The number of hydrogen-bond donors (Lipinski definition) is 2. The van der Waals surface area contributed by atoms with Crippen molar-refractivity contribution in [1.29, 1.82) is 0 Å². The molecule has 0 saturated carbocycles. The first-order chi connectivity index (χ1) is 13.5. The van der Waals surface area contributed by atoms with Crippen molar-refractivity contribution in [3.63, 3.8) is 0 Å². The summed E-state index contributed by atoms with van der Waals surface area (Å²) in [7, 11) is 0. The third-order valence-electron chi connectivity index (χ3n) is 4.03. The Morgan fingerprint density at radius 2 is 1.89 bits per heavy atom. The molecule has 1 heterocycles. The zero-order valence-corrected chi connectivity index (χ0v) is 15.4. The third-order valence-corrected chi connectivity index (χ3v) is 4.27. The van der Waals surface area contributed by atoms with Crippen LogP contribution in [-0.2, 0) is 6.42 Å². The van der Waals surface area contributed by atoms with Crippen molar-refractivity contribution in [2.45, 2.75) is 13.0 Å². The van der Waals surface area contributed by atoms with Gasteiger partial charge in [-0.25, -0.2) is 0 Å². The highest BCUT2D eigenvalue weighted by Crippen LogP contribution is 2.34. The lowest BCUT2D eigenvalue weighted by Gasteiger charge is -2.13. The van der Waals surface area contributed by atoms with Crippen molar-refractivity contribution in [2.24, 2.45) is 16.7 Å². The highest BCUT2D eigenvalue weighted by Gasteiger charge is 2.13. The molecule has 3 rings (SSSR count). The Hall–Kier alpha value is -3.19. The van der Waals surface area contributed by atoms with Crippen LogP contribution in [0.3, 0.4) is 0 Å². The first kappa shape index (κ1) is 19.6. The number of hydrazone groups is 1. The molecule has 0 spiro atoms. The molecule has 4 N–H and O–H groups in total. The van der Waals surface area contributed by atoms with Crippen LogP contribution < -0.4 is 16.3 Å². The molecule has 0 atom stereocenters. The van der Waals surface area contributed by atoms with Crippen LogP contribution in [0.2, 0.25) is 5.02 Å². The molecule has 3 aromatic rings. The van der Waals surface area contributed by atoms with E-state index < -0.39 is 6.61 Å². The normalized spacial score (nSPS) is 11.6. The molecule has 144 valence electrons. The van der Waals surface area contributed by atoms with Gasteiger partial charge in [0.15, 0.2) is 5.84 Å². The molecule has 0 radical (unpaired) electrons. The Morgan fingerprint density at radius 1 is 1.11 bits per heavy atom. The molecule has 8 heteroatoms. The molecule has 2 aromatic carbocycles. The van der Waals surface area contributed by atoms with E-state index in [1.165, 1.54) is 6.07 Å². The van der Waals surface area contributed by atoms with Crippen LogP contribution >= 0.6 is 11.6 Å². The maximum atomic E-state index is 12.8. The van der Waals surface area contributed by atoms with Gasteiger partial charge in [-0.2, -0.15) is 13.9 Å². The Bertz CT molecular complexity index is 994. The van der Waals surface area contributed by atoms with Crippen LogP contribution in [0.25, 0.3) is 11.1 Å². The fraction of sp³-hybridized carbons (Fsp3) is 0.100. The van der Waals surface area contributed by atoms with Gasteiger partial charge in [-0.1, -0.05) is 35.9 Å². The third kappa shape index (κ3) is 4.75. The van der Waals surface area contributed by atoms with Crippen LogP contribution in [-0.4, -0.2) is 17.4 Å². The van der Waals surface area contributed by atoms with E-state index in [1.807, 2.05) is 6.07 Å². The van der Waals surface area contributed by atoms with E-state index in [1.54, 1.807) is 48.7 Å². The molecule has 0 unspecified atom stereocenters. The number of halogens is 3. The molecule has 0 aliphatic heterocycles. The van der Waals surface area contributed by atoms with Crippen LogP contribution in [0.5, 0.6) is 5.75 Å². The summed E-state index contributed by atoms with van der Waals surface area (Å²) in [5.41, 5.74) is 9.13. The van der Waals surface area contributed by atoms with Gasteiger partial charge in [0.05, 0.1) is 0 Å². The Morgan fingerprint density at radius 3 is 2.54 bits per heavy atom. The molecule has 0 amide bonds. The predicted molar refractivity (Wildman–Crippen MR) is 105 cm³/mol. The molecule has 5 nitrogen and oxygen atoms in total. The second kappa shape index (κ2) is 8.67. The predicted octanol–water partition coefficient (Wildman–Crippen LogP) is 4.17. The Labute approximate surface area is 165 Å². The van der Waals surface area contributed by atoms with Crippen molar-refractivity contribution < 1.29 is 13.5 Å². The van der Waals surface area contributed by atoms with Gasteiger partial charge in [0, 0.05) is 16.8 Å². The SMILES string of the molecule is N/N=C(\N)c1ccc(Cc2ccc(OC(F)F)c(-c3cccc(Cl)c3)c2)cn1. The van der Waals surface area contributed by atoms with Gasteiger partial charge in [-0.05, 0) is 53.4 Å². The van der Waals surface area contributed by atoms with E-state index in [4.69, 9.17) is 23.2 Å². The zero-order valence-electron chi connectivity index (χ0n) is 14.6. The molecule has 0 bridgehead atoms. The fourth-order valence-electron chi connectivity index (χ4n) is 2.75. The van der Waals surface area contributed by atoms with E-state index in [-0.39, 0.29) is 11.6 Å². The molecular weight excluding hydrogens is 386 g/mol. The number of rotatable bonds is 6. The number of hydrogen-bond acceptors (Lipinski definition) is 4. The minimum Gasteiger partial charge on any atom is -0.434 e. The molecule has 1 aromatic heterocycles. The molecule has 0 fully saturated rings. The summed E-state index contributed by atoms with van der Waals surface area (Å²) in [5.74, 6) is 5.37. The van der Waals surface area contributed by atoms with Crippen molar-refractivity contribution >= 4 is 17.4 Å². The summed E-state index contributed by atoms with van der Waals surface area (Å²) in [6.45, 7) is -2.92. The van der Waals surface area contributed by atoms with Gasteiger partial charge in [-0.3, -0.25) is 4.98 Å². The van der Waals surface area contributed by atoms with Gasteiger partial charge >= 0.3 is 6.61 Å². The summed E-state index contributed by atoms with van der Waals surface area (Å²) < 4.78 is 30.3. The lowest BCUT2D eigenvalue weighted by molar-refractivity contribution is -0.0494. The van der Waals surface area contributed by atoms with E-state index in [2.05, 4.69) is 14.8 Å². The lowest BCUT2D eigenvalue weighted by atomic mass is 9.98. The number of aromatic nitrogens is 1. The zero-order chi connectivity index (χ0) is 20.1. The maximum absolute atomic E-state index is 12.8.